The Hall–Kier alpha value is -0.930. The molecule has 14 heavy (non-hydrogen) atoms. The van der Waals surface area contributed by atoms with E-state index in [1.807, 2.05) is 0 Å². The van der Waals surface area contributed by atoms with Gasteiger partial charge in [-0.2, -0.15) is 0 Å². The lowest BCUT2D eigenvalue weighted by Crippen LogP contribution is -2.28. The number of rotatable bonds is 2. The molecule has 3 heteroatoms. The molecular weight excluding hydrogens is 181 g/mol. The molecule has 1 aliphatic rings. The number of halogens is 1. The van der Waals surface area contributed by atoms with Crippen molar-refractivity contribution in [3.05, 3.63) is 35.6 Å². The fraction of sp³-hybridized carbons (Fsp3) is 0.455. The molecule has 1 unspecified atom stereocenters. The van der Waals surface area contributed by atoms with E-state index < -0.39 is 6.10 Å². The van der Waals surface area contributed by atoms with Crippen LogP contribution in [-0.4, -0.2) is 17.7 Å². The molecule has 1 aromatic rings. The Labute approximate surface area is 82.8 Å². The maximum Gasteiger partial charge on any atom is 0.123 e. The van der Waals surface area contributed by atoms with Crippen LogP contribution >= 0.6 is 0 Å². The van der Waals surface area contributed by atoms with Gasteiger partial charge < -0.3 is 10.4 Å². The molecule has 1 aromatic carbocycles. The van der Waals surface area contributed by atoms with Crippen LogP contribution < -0.4 is 5.32 Å². The SMILES string of the molecule is OC(c1cccc(F)c1)[C@@H]1CCCN1. The van der Waals surface area contributed by atoms with Crippen molar-refractivity contribution < 1.29 is 9.50 Å². The highest BCUT2D eigenvalue weighted by Gasteiger charge is 2.23. The van der Waals surface area contributed by atoms with E-state index in [4.69, 9.17) is 0 Å². The Bertz CT molecular complexity index is 310. The molecule has 0 radical (unpaired) electrons. The summed E-state index contributed by atoms with van der Waals surface area (Å²) in [6.07, 6.45) is 1.45. The maximum absolute atomic E-state index is 12.9. The first-order valence-corrected chi connectivity index (χ1v) is 4.94. The summed E-state index contributed by atoms with van der Waals surface area (Å²) in [5.74, 6) is -0.292. The van der Waals surface area contributed by atoms with Gasteiger partial charge in [0.25, 0.3) is 0 Å². The second-order valence-corrected chi connectivity index (χ2v) is 3.70. The van der Waals surface area contributed by atoms with E-state index >= 15 is 0 Å². The molecule has 2 atom stereocenters. The van der Waals surface area contributed by atoms with Crippen LogP contribution in [0, 0.1) is 5.82 Å². The van der Waals surface area contributed by atoms with Gasteiger partial charge in [0.05, 0.1) is 6.10 Å². The van der Waals surface area contributed by atoms with Crippen LogP contribution in [-0.2, 0) is 0 Å². The predicted molar refractivity (Wildman–Crippen MR) is 52.4 cm³/mol. The molecular formula is C11H14FNO. The number of benzene rings is 1. The van der Waals surface area contributed by atoms with Crippen LogP contribution in [0.25, 0.3) is 0 Å². The van der Waals surface area contributed by atoms with Crippen molar-refractivity contribution in [3.8, 4) is 0 Å². The lowest BCUT2D eigenvalue weighted by Gasteiger charge is -2.18. The average molecular weight is 195 g/mol. The standard InChI is InChI=1S/C11H14FNO/c12-9-4-1-3-8(7-9)11(14)10-5-2-6-13-10/h1,3-4,7,10-11,13-14H,2,5-6H2/t10-,11?/m0/s1. The van der Waals surface area contributed by atoms with Gasteiger partial charge in [-0.25, -0.2) is 4.39 Å². The summed E-state index contributed by atoms with van der Waals surface area (Å²) in [4.78, 5) is 0. The summed E-state index contributed by atoms with van der Waals surface area (Å²) < 4.78 is 12.9. The maximum atomic E-state index is 12.9. The fourth-order valence-corrected chi connectivity index (χ4v) is 1.90. The van der Waals surface area contributed by atoms with E-state index in [2.05, 4.69) is 5.32 Å². The van der Waals surface area contributed by atoms with Gasteiger partial charge in [-0.05, 0) is 37.1 Å². The molecule has 0 aromatic heterocycles. The van der Waals surface area contributed by atoms with Gasteiger partial charge in [0.15, 0.2) is 0 Å². The Kier molecular flexibility index (Phi) is 2.79. The summed E-state index contributed by atoms with van der Waals surface area (Å²) >= 11 is 0. The van der Waals surface area contributed by atoms with E-state index in [0.29, 0.717) is 5.56 Å². The largest absolute Gasteiger partial charge is 0.387 e. The zero-order valence-corrected chi connectivity index (χ0v) is 7.91. The van der Waals surface area contributed by atoms with Crippen molar-refractivity contribution in [2.45, 2.75) is 25.0 Å². The van der Waals surface area contributed by atoms with Crippen LogP contribution in [0.5, 0.6) is 0 Å². The van der Waals surface area contributed by atoms with Crippen molar-refractivity contribution in [1.82, 2.24) is 5.32 Å². The quantitative estimate of drug-likeness (QED) is 0.751. The second kappa shape index (κ2) is 4.07. The third-order valence-electron chi connectivity index (χ3n) is 2.67. The summed E-state index contributed by atoms with van der Waals surface area (Å²) in [7, 11) is 0. The van der Waals surface area contributed by atoms with Crippen molar-refractivity contribution in [3.63, 3.8) is 0 Å². The van der Waals surface area contributed by atoms with E-state index in [1.54, 1.807) is 12.1 Å². The van der Waals surface area contributed by atoms with E-state index in [0.717, 1.165) is 19.4 Å². The molecule has 1 aliphatic heterocycles. The third kappa shape index (κ3) is 1.94. The van der Waals surface area contributed by atoms with E-state index in [-0.39, 0.29) is 11.9 Å². The van der Waals surface area contributed by atoms with Gasteiger partial charge in [-0.15, -0.1) is 0 Å². The molecule has 2 rings (SSSR count). The van der Waals surface area contributed by atoms with Crippen LogP contribution in [0.4, 0.5) is 4.39 Å². The van der Waals surface area contributed by atoms with Gasteiger partial charge in [0, 0.05) is 6.04 Å². The van der Waals surface area contributed by atoms with Gasteiger partial charge in [-0.3, -0.25) is 0 Å². The van der Waals surface area contributed by atoms with E-state index in [1.165, 1.54) is 12.1 Å². The molecule has 0 spiro atoms. The number of hydrogen-bond acceptors (Lipinski definition) is 2. The lowest BCUT2D eigenvalue weighted by atomic mass is 10.0. The Morgan fingerprint density at radius 2 is 2.36 bits per heavy atom. The highest BCUT2D eigenvalue weighted by Crippen LogP contribution is 2.23. The molecule has 1 heterocycles. The minimum atomic E-state index is -0.590. The van der Waals surface area contributed by atoms with Gasteiger partial charge in [0.1, 0.15) is 5.82 Å². The zero-order chi connectivity index (χ0) is 9.97. The molecule has 1 fully saturated rings. The molecule has 1 saturated heterocycles. The first-order valence-electron chi connectivity index (χ1n) is 4.94. The van der Waals surface area contributed by atoms with Crippen LogP contribution in [0.15, 0.2) is 24.3 Å². The summed E-state index contributed by atoms with van der Waals surface area (Å²) in [5, 5.41) is 13.1. The molecule has 0 bridgehead atoms. The van der Waals surface area contributed by atoms with Gasteiger partial charge in [0.2, 0.25) is 0 Å². The van der Waals surface area contributed by atoms with Crippen LogP contribution in [0.2, 0.25) is 0 Å². The molecule has 2 N–H and O–H groups in total. The number of hydrogen-bond donors (Lipinski definition) is 2. The smallest absolute Gasteiger partial charge is 0.123 e. The van der Waals surface area contributed by atoms with Crippen molar-refractivity contribution >= 4 is 0 Å². The van der Waals surface area contributed by atoms with Crippen molar-refractivity contribution in [2.75, 3.05) is 6.54 Å². The summed E-state index contributed by atoms with van der Waals surface area (Å²) in [5.41, 5.74) is 0.657. The normalized spacial score (nSPS) is 23.7. The number of aliphatic hydroxyl groups excluding tert-OH is 1. The fourth-order valence-electron chi connectivity index (χ4n) is 1.90. The molecule has 0 saturated carbocycles. The number of nitrogens with one attached hydrogen (secondary N) is 1. The zero-order valence-electron chi connectivity index (χ0n) is 7.91. The number of aliphatic hydroxyl groups is 1. The first-order chi connectivity index (χ1) is 6.77. The highest BCUT2D eigenvalue weighted by atomic mass is 19.1. The highest BCUT2D eigenvalue weighted by molar-refractivity contribution is 5.20. The predicted octanol–water partition coefficient (Wildman–Crippen LogP) is 1.61. The monoisotopic (exact) mass is 195 g/mol. The summed E-state index contributed by atoms with van der Waals surface area (Å²) in [6.45, 7) is 0.942. The molecule has 0 aliphatic carbocycles. The molecule has 76 valence electrons. The Balaban J connectivity index is 2.13. The van der Waals surface area contributed by atoms with Crippen LogP contribution in [0.1, 0.15) is 24.5 Å². The Morgan fingerprint density at radius 1 is 1.50 bits per heavy atom. The Morgan fingerprint density at radius 3 is 3.00 bits per heavy atom. The average Bonchev–Trinajstić information content (AvgIpc) is 2.69. The van der Waals surface area contributed by atoms with Crippen molar-refractivity contribution in [1.29, 1.82) is 0 Å². The molecule has 0 amide bonds. The van der Waals surface area contributed by atoms with Gasteiger partial charge >= 0.3 is 0 Å². The lowest BCUT2D eigenvalue weighted by molar-refractivity contribution is 0.137. The minimum Gasteiger partial charge on any atom is -0.387 e. The third-order valence-corrected chi connectivity index (χ3v) is 2.67. The van der Waals surface area contributed by atoms with Crippen LogP contribution in [0.3, 0.4) is 0 Å². The summed E-state index contributed by atoms with van der Waals surface area (Å²) in [6, 6.07) is 6.25. The minimum absolute atomic E-state index is 0.0804. The molecule has 2 nitrogen and oxygen atoms in total. The van der Waals surface area contributed by atoms with Crippen molar-refractivity contribution in [2.24, 2.45) is 0 Å². The second-order valence-electron chi connectivity index (χ2n) is 3.70. The van der Waals surface area contributed by atoms with E-state index in [9.17, 15) is 9.50 Å². The first kappa shape index (κ1) is 9.62. The topological polar surface area (TPSA) is 32.3 Å². The van der Waals surface area contributed by atoms with Gasteiger partial charge in [-0.1, -0.05) is 12.1 Å².